The molecule has 1 aromatic heterocycles. The number of unbranched alkanes of at least 4 members (excludes halogenated alkanes) is 4. The van der Waals surface area contributed by atoms with E-state index in [1.165, 1.54) is 0 Å². The van der Waals surface area contributed by atoms with Gasteiger partial charge in [0.15, 0.2) is 0 Å². The number of primary sulfonamides is 1. The van der Waals surface area contributed by atoms with Gasteiger partial charge >= 0.3 is 0 Å². The van der Waals surface area contributed by atoms with Gasteiger partial charge in [-0.1, -0.05) is 39.5 Å². The highest BCUT2D eigenvalue weighted by Gasteiger charge is 2.43. The number of hydrogen-bond acceptors (Lipinski definition) is 4. The van der Waals surface area contributed by atoms with E-state index in [2.05, 4.69) is 18.8 Å². The third kappa shape index (κ3) is 5.81. The van der Waals surface area contributed by atoms with Gasteiger partial charge < -0.3 is 9.30 Å². The largest absolute Gasteiger partial charge is 0.470 e. The summed E-state index contributed by atoms with van der Waals surface area (Å²) in [4.78, 5) is 2.66. The Hall–Kier alpha value is -1.86. The second-order valence-corrected chi connectivity index (χ2v) is 8.77. The molecule has 6 nitrogen and oxygen atoms in total. The molecule has 27 heavy (non-hydrogen) atoms. The minimum absolute atomic E-state index is 0.409. The topological polar surface area (TPSA) is 87.2 Å². The fraction of sp³-hybridized carbons (Fsp3) is 0.550. The average Bonchev–Trinajstić information content (AvgIpc) is 3.16. The van der Waals surface area contributed by atoms with E-state index < -0.39 is 15.0 Å². The van der Waals surface area contributed by atoms with Crippen molar-refractivity contribution < 1.29 is 13.2 Å². The summed E-state index contributed by atoms with van der Waals surface area (Å²) in [6.07, 6.45) is 11.5. The molecule has 0 aliphatic carbocycles. The van der Waals surface area contributed by atoms with Crippen LogP contribution in [-0.4, -0.2) is 22.9 Å². The van der Waals surface area contributed by atoms with Crippen LogP contribution in [0, 0.1) is 0 Å². The first-order valence-corrected chi connectivity index (χ1v) is 11.3. The lowest BCUT2D eigenvalue weighted by Gasteiger charge is -2.32. The summed E-state index contributed by atoms with van der Waals surface area (Å²) in [5.74, 6) is 0.515. The third-order valence-electron chi connectivity index (χ3n) is 4.78. The number of nitrogens with zero attached hydrogens (tertiary/aromatic N) is 2. The van der Waals surface area contributed by atoms with Gasteiger partial charge in [-0.25, -0.2) is 18.5 Å². The fourth-order valence-corrected chi connectivity index (χ4v) is 4.24. The summed E-state index contributed by atoms with van der Waals surface area (Å²) in [5.41, 5.74) is 0.929. The highest BCUT2D eigenvalue weighted by atomic mass is 32.2. The Balaban J connectivity index is 2.25. The van der Waals surface area contributed by atoms with Gasteiger partial charge in [0.2, 0.25) is 15.0 Å². The predicted molar refractivity (Wildman–Crippen MR) is 108 cm³/mol. The molecule has 2 aromatic rings. The van der Waals surface area contributed by atoms with Gasteiger partial charge in [-0.15, -0.1) is 0 Å². The smallest absolute Gasteiger partial charge is 0.250 e. The minimum atomic E-state index is -3.88. The number of imidazole rings is 1. The molecule has 0 aliphatic heterocycles. The van der Waals surface area contributed by atoms with Crippen LogP contribution in [0.4, 0.5) is 0 Å². The number of aromatic nitrogens is 2. The van der Waals surface area contributed by atoms with E-state index in [9.17, 15) is 8.42 Å². The maximum absolute atomic E-state index is 12.5. The number of benzene rings is 1. The summed E-state index contributed by atoms with van der Waals surface area (Å²) >= 11 is 0. The van der Waals surface area contributed by atoms with Crippen molar-refractivity contribution >= 4 is 10.0 Å². The van der Waals surface area contributed by atoms with Crippen LogP contribution in [-0.2, 0) is 10.0 Å². The lowest BCUT2D eigenvalue weighted by Crippen LogP contribution is -2.48. The molecule has 2 N–H and O–H groups in total. The van der Waals surface area contributed by atoms with Crippen molar-refractivity contribution in [2.24, 2.45) is 5.14 Å². The number of sulfonamides is 1. The molecule has 7 heteroatoms. The molecule has 0 saturated carbocycles. The molecule has 0 aliphatic rings. The highest BCUT2D eigenvalue weighted by Crippen LogP contribution is 2.33. The van der Waals surface area contributed by atoms with Crippen molar-refractivity contribution in [3.05, 3.63) is 43.0 Å². The summed E-state index contributed by atoms with van der Waals surface area (Å²) in [7, 11) is -3.88. The van der Waals surface area contributed by atoms with Gasteiger partial charge in [0.25, 0.3) is 0 Å². The van der Waals surface area contributed by atoms with Crippen molar-refractivity contribution in [2.75, 3.05) is 0 Å². The zero-order valence-corrected chi connectivity index (χ0v) is 17.1. The van der Waals surface area contributed by atoms with Crippen LogP contribution in [0.25, 0.3) is 5.69 Å². The number of ether oxygens (including phenoxy) is 1. The van der Waals surface area contributed by atoms with Crippen molar-refractivity contribution in [3.8, 4) is 11.4 Å². The van der Waals surface area contributed by atoms with Gasteiger partial charge in [0.05, 0.1) is 6.33 Å². The van der Waals surface area contributed by atoms with Crippen molar-refractivity contribution in [2.45, 2.75) is 70.1 Å². The average molecular weight is 394 g/mol. The van der Waals surface area contributed by atoms with Crippen LogP contribution >= 0.6 is 0 Å². The van der Waals surface area contributed by atoms with Crippen LogP contribution < -0.4 is 9.88 Å². The lowest BCUT2D eigenvalue weighted by molar-refractivity contribution is 0.125. The molecule has 0 radical (unpaired) electrons. The molecule has 0 unspecified atom stereocenters. The molecular weight excluding hydrogens is 362 g/mol. The van der Waals surface area contributed by atoms with Crippen LogP contribution in [0.3, 0.4) is 0 Å². The lowest BCUT2D eigenvalue weighted by atomic mass is 10.0. The first kappa shape index (κ1) is 21.4. The van der Waals surface area contributed by atoms with Crippen LogP contribution in [0.15, 0.2) is 43.0 Å². The molecule has 1 heterocycles. The Morgan fingerprint density at radius 1 is 1.04 bits per heavy atom. The fourth-order valence-electron chi connectivity index (χ4n) is 3.17. The minimum Gasteiger partial charge on any atom is -0.470 e. The third-order valence-corrected chi connectivity index (χ3v) is 6.31. The SMILES string of the molecule is CCCCCC(CCCCC)(Oc1ccc(-n2ccnc2)cc1)S(N)(=O)=O. The van der Waals surface area contributed by atoms with Gasteiger partial charge in [0.1, 0.15) is 5.75 Å². The monoisotopic (exact) mass is 393 g/mol. The second-order valence-electron chi connectivity index (χ2n) is 6.94. The standard InChI is InChI=1S/C20H31N3O3S/c1-3-5-7-13-20(27(21,24)25,14-8-6-4-2)26-19-11-9-18(10-12-19)23-16-15-22-17-23/h9-12,15-17H,3-8,13-14H2,1-2H3,(H2,21,24,25). The summed E-state index contributed by atoms with van der Waals surface area (Å²) in [6, 6.07) is 7.33. The van der Waals surface area contributed by atoms with E-state index in [1.807, 2.05) is 22.9 Å². The Bertz CT molecular complexity index is 761. The Morgan fingerprint density at radius 3 is 2.07 bits per heavy atom. The quantitative estimate of drug-likeness (QED) is 0.542. The maximum atomic E-state index is 12.5. The molecular formula is C20H31N3O3S. The van der Waals surface area contributed by atoms with Crippen molar-refractivity contribution in [3.63, 3.8) is 0 Å². The molecule has 150 valence electrons. The van der Waals surface area contributed by atoms with E-state index in [0.29, 0.717) is 18.6 Å². The van der Waals surface area contributed by atoms with Gasteiger partial charge in [-0.3, -0.25) is 0 Å². The van der Waals surface area contributed by atoms with E-state index in [1.54, 1.807) is 24.7 Å². The molecule has 0 spiro atoms. The second kappa shape index (κ2) is 9.90. The van der Waals surface area contributed by atoms with Crippen LogP contribution in [0.5, 0.6) is 5.75 Å². The molecule has 0 bridgehead atoms. The van der Waals surface area contributed by atoms with Gasteiger partial charge in [0, 0.05) is 30.9 Å². The number of rotatable bonds is 12. The van der Waals surface area contributed by atoms with Gasteiger partial charge in [-0.05, 0) is 37.1 Å². The van der Waals surface area contributed by atoms with E-state index >= 15 is 0 Å². The first-order valence-electron chi connectivity index (χ1n) is 9.71. The van der Waals surface area contributed by atoms with Gasteiger partial charge in [-0.2, -0.15) is 0 Å². The van der Waals surface area contributed by atoms with Crippen LogP contribution in [0.1, 0.15) is 65.2 Å². The Morgan fingerprint density at radius 2 is 1.63 bits per heavy atom. The number of hydrogen-bond donors (Lipinski definition) is 1. The Labute approximate surface area is 162 Å². The number of nitrogens with two attached hydrogens (primary N) is 1. The molecule has 0 atom stereocenters. The first-order chi connectivity index (χ1) is 12.9. The zero-order valence-electron chi connectivity index (χ0n) is 16.3. The summed E-state index contributed by atoms with van der Waals surface area (Å²) in [6.45, 7) is 4.18. The normalized spacial score (nSPS) is 12.3. The summed E-state index contributed by atoms with van der Waals surface area (Å²) < 4.78 is 33.0. The predicted octanol–water partition coefficient (Wildman–Crippen LogP) is 4.40. The Kier molecular flexibility index (Phi) is 7.86. The van der Waals surface area contributed by atoms with Crippen molar-refractivity contribution in [1.29, 1.82) is 0 Å². The molecule has 0 fully saturated rings. The highest BCUT2D eigenvalue weighted by molar-refractivity contribution is 7.90. The zero-order chi connectivity index (χ0) is 19.8. The van der Waals surface area contributed by atoms with Crippen molar-refractivity contribution in [1.82, 2.24) is 9.55 Å². The maximum Gasteiger partial charge on any atom is 0.250 e. The van der Waals surface area contributed by atoms with E-state index in [-0.39, 0.29) is 0 Å². The molecule has 2 rings (SSSR count). The molecule has 1 aromatic carbocycles. The molecule has 0 amide bonds. The summed E-state index contributed by atoms with van der Waals surface area (Å²) in [5, 5.41) is 5.67. The van der Waals surface area contributed by atoms with E-state index in [0.717, 1.165) is 44.2 Å². The van der Waals surface area contributed by atoms with Crippen LogP contribution in [0.2, 0.25) is 0 Å². The molecule has 0 saturated heterocycles. The van der Waals surface area contributed by atoms with E-state index in [4.69, 9.17) is 9.88 Å².